The van der Waals surface area contributed by atoms with Crippen LogP contribution in [-0.4, -0.2) is 16.8 Å². The van der Waals surface area contributed by atoms with Gasteiger partial charge in [0.15, 0.2) is 0 Å². The summed E-state index contributed by atoms with van der Waals surface area (Å²) in [5, 5.41) is 0. The molecular weight excluding hydrogens is 279 g/mol. The molecule has 0 aliphatic carbocycles. The van der Waals surface area contributed by atoms with Gasteiger partial charge in [0.25, 0.3) is 10.0 Å². The molecule has 1 atom stereocenters. The summed E-state index contributed by atoms with van der Waals surface area (Å²) in [6.07, 6.45) is 0. The molecule has 1 aromatic rings. The van der Waals surface area contributed by atoms with Gasteiger partial charge in [-0.05, 0) is 17.0 Å². The molecule has 0 saturated carbocycles. The Morgan fingerprint density at radius 1 is 1.16 bits per heavy atom. The largest absolute Gasteiger partial charge is 0.504 e. The van der Waals surface area contributed by atoms with Crippen LogP contribution in [0.15, 0.2) is 28.6 Å². The monoisotopic (exact) mass is 295 g/mol. The second-order valence-corrected chi connectivity index (χ2v) is 6.87. The molecule has 0 radical (unpaired) electrons. The number of benzene rings is 1. The standard InChI is InChI=1S/C12H16F3NO2S/c1-11(2,3)9-7-5-6-8-10(9)16-19(17,18-4)12(13,14)15/h5-8H,1-4H3. The van der Waals surface area contributed by atoms with Crippen molar-refractivity contribution in [1.29, 1.82) is 0 Å². The molecule has 3 nitrogen and oxygen atoms in total. The Labute approximate surface area is 111 Å². The maximum absolute atomic E-state index is 12.7. The van der Waals surface area contributed by atoms with E-state index in [1.807, 2.05) is 20.8 Å². The molecule has 1 aromatic carbocycles. The van der Waals surface area contributed by atoms with E-state index >= 15 is 0 Å². The maximum atomic E-state index is 12.7. The highest BCUT2D eigenvalue weighted by molar-refractivity contribution is 7.90. The quantitative estimate of drug-likeness (QED) is 0.821. The fraction of sp³-hybridized carbons (Fsp3) is 0.500. The number of hydrogen-bond acceptors (Lipinski definition) is 3. The van der Waals surface area contributed by atoms with Crippen molar-refractivity contribution in [3.8, 4) is 0 Å². The van der Waals surface area contributed by atoms with Gasteiger partial charge in [-0.3, -0.25) is 4.18 Å². The first-order valence-electron chi connectivity index (χ1n) is 5.50. The maximum Gasteiger partial charge on any atom is 0.504 e. The van der Waals surface area contributed by atoms with Crippen LogP contribution in [0.1, 0.15) is 26.3 Å². The summed E-state index contributed by atoms with van der Waals surface area (Å²) in [5.41, 5.74) is -4.85. The van der Waals surface area contributed by atoms with Gasteiger partial charge in [0.2, 0.25) is 0 Å². The first-order chi connectivity index (χ1) is 8.51. The minimum absolute atomic E-state index is 0.0270. The number of alkyl halides is 3. The van der Waals surface area contributed by atoms with Crippen LogP contribution in [0, 0.1) is 0 Å². The zero-order valence-electron chi connectivity index (χ0n) is 11.1. The lowest BCUT2D eigenvalue weighted by atomic mass is 9.86. The van der Waals surface area contributed by atoms with Gasteiger partial charge in [-0.15, -0.1) is 0 Å². The van der Waals surface area contributed by atoms with E-state index in [0.717, 1.165) is 7.11 Å². The first-order valence-corrected chi connectivity index (χ1v) is 6.94. The molecule has 0 saturated heterocycles. The molecule has 19 heavy (non-hydrogen) atoms. The van der Waals surface area contributed by atoms with E-state index in [-0.39, 0.29) is 5.69 Å². The average molecular weight is 295 g/mol. The fourth-order valence-electron chi connectivity index (χ4n) is 1.50. The summed E-state index contributed by atoms with van der Waals surface area (Å²) >= 11 is 0. The Balaban J connectivity index is 3.53. The SMILES string of the molecule is COS(=O)(=Nc1ccccc1C(C)(C)C)C(F)(F)F. The second-order valence-electron chi connectivity index (χ2n) is 4.95. The molecule has 108 valence electrons. The third-order valence-corrected chi connectivity index (χ3v) is 3.92. The molecule has 0 aromatic heterocycles. The van der Waals surface area contributed by atoms with Crippen molar-refractivity contribution in [3.05, 3.63) is 29.8 Å². The molecule has 0 amide bonds. The second kappa shape index (κ2) is 5.13. The van der Waals surface area contributed by atoms with Crippen LogP contribution in [-0.2, 0) is 19.6 Å². The summed E-state index contributed by atoms with van der Waals surface area (Å²) < 4.78 is 57.3. The first kappa shape index (κ1) is 16.0. The third kappa shape index (κ3) is 3.48. The van der Waals surface area contributed by atoms with Gasteiger partial charge >= 0.3 is 5.51 Å². The Morgan fingerprint density at radius 3 is 2.11 bits per heavy atom. The van der Waals surface area contributed by atoms with Gasteiger partial charge in [-0.25, -0.2) is 4.21 Å². The molecule has 0 heterocycles. The van der Waals surface area contributed by atoms with Gasteiger partial charge in [-0.1, -0.05) is 39.0 Å². The van der Waals surface area contributed by atoms with Crippen molar-refractivity contribution in [3.63, 3.8) is 0 Å². The van der Waals surface area contributed by atoms with Crippen LogP contribution < -0.4 is 0 Å². The highest BCUT2D eigenvalue weighted by Gasteiger charge is 2.44. The summed E-state index contributed by atoms with van der Waals surface area (Å²) in [5.74, 6) is 0. The lowest BCUT2D eigenvalue weighted by Crippen LogP contribution is -2.24. The summed E-state index contributed by atoms with van der Waals surface area (Å²) in [6, 6.07) is 6.29. The molecular formula is C12H16F3NO2S. The van der Waals surface area contributed by atoms with E-state index in [1.54, 1.807) is 18.2 Å². The predicted molar refractivity (Wildman–Crippen MR) is 68.4 cm³/mol. The predicted octanol–water partition coefficient (Wildman–Crippen LogP) is 4.16. The fourth-order valence-corrected chi connectivity index (χ4v) is 2.29. The van der Waals surface area contributed by atoms with Gasteiger partial charge < -0.3 is 0 Å². The van der Waals surface area contributed by atoms with Gasteiger partial charge in [-0.2, -0.15) is 17.5 Å². The number of hydrogen-bond donors (Lipinski definition) is 0. The van der Waals surface area contributed by atoms with E-state index in [9.17, 15) is 17.4 Å². The smallest absolute Gasteiger partial charge is 0.281 e. The number of nitrogens with zero attached hydrogens (tertiary/aromatic N) is 1. The Morgan fingerprint density at radius 2 is 1.68 bits per heavy atom. The van der Waals surface area contributed by atoms with Crippen molar-refractivity contribution in [2.75, 3.05) is 7.11 Å². The van der Waals surface area contributed by atoms with Crippen LogP contribution >= 0.6 is 0 Å². The molecule has 1 rings (SSSR count). The lowest BCUT2D eigenvalue weighted by molar-refractivity contribution is -0.0482. The Hall–Kier alpha value is -1.08. The molecule has 7 heteroatoms. The van der Waals surface area contributed by atoms with Crippen molar-refractivity contribution in [1.82, 2.24) is 0 Å². The van der Waals surface area contributed by atoms with E-state index in [0.29, 0.717) is 5.56 Å². The zero-order chi connectivity index (χ0) is 14.9. The van der Waals surface area contributed by atoms with E-state index < -0.39 is 20.9 Å². The van der Waals surface area contributed by atoms with Crippen molar-refractivity contribution in [2.45, 2.75) is 31.7 Å². The average Bonchev–Trinajstić information content (AvgIpc) is 2.26. The van der Waals surface area contributed by atoms with Gasteiger partial charge in [0.1, 0.15) is 0 Å². The molecule has 0 fully saturated rings. The van der Waals surface area contributed by atoms with Gasteiger partial charge in [0, 0.05) is 0 Å². The minimum atomic E-state index is -5.03. The van der Waals surface area contributed by atoms with Crippen molar-refractivity contribution < 1.29 is 21.6 Å². The molecule has 1 unspecified atom stereocenters. The number of rotatable bonds is 2. The summed E-state index contributed by atoms with van der Waals surface area (Å²) in [4.78, 5) is 0. The van der Waals surface area contributed by atoms with Crippen LogP contribution in [0.4, 0.5) is 18.9 Å². The summed E-state index contributed by atoms with van der Waals surface area (Å²) in [7, 11) is -4.02. The highest BCUT2D eigenvalue weighted by Crippen LogP contribution is 2.35. The third-order valence-electron chi connectivity index (χ3n) is 2.45. The molecule has 0 N–H and O–H groups in total. The van der Waals surface area contributed by atoms with Gasteiger partial charge in [0.05, 0.1) is 12.8 Å². The topological polar surface area (TPSA) is 38.7 Å². The lowest BCUT2D eigenvalue weighted by Gasteiger charge is -2.21. The zero-order valence-corrected chi connectivity index (χ0v) is 11.9. The normalized spacial score (nSPS) is 15.9. The van der Waals surface area contributed by atoms with Crippen LogP contribution in [0.3, 0.4) is 0 Å². The molecule has 0 aliphatic rings. The Kier molecular flexibility index (Phi) is 4.31. The summed E-state index contributed by atoms with van der Waals surface area (Å²) in [6.45, 7) is 5.51. The van der Waals surface area contributed by atoms with E-state index in [4.69, 9.17) is 0 Å². The number of halogens is 3. The Bertz CT molecular complexity index is 567. The molecule has 0 spiro atoms. The molecule has 0 bridgehead atoms. The van der Waals surface area contributed by atoms with Crippen molar-refractivity contribution in [2.24, 2.45) is 4.36 Å². The highest BCUT2D eigenvalue weighted by atomic mass is 32.2. The van der Waals surface area contributed by atoms with E-state index in [2.05, 4.69) is 8.55 Å². The van der Waals surface area contributed by atoms with Crippen LogP contribution in [0.2, 0.25) is 0 Å². The van der Waals surface area contributed by atoms with E-state index in [1.165, 1.54) is 6.07 Å². The molecule has 0 aliphatic heterocycles. The van der Waals surface area contributed by atoms with Crippen LogP contribution in [0.25, 0.3) is 0 Å². The van der Waals surface area contributed by atoms with Crippen LogP contribution in [0.5, 0.6) is 0 Å². The minimum Gasteiger partial charge on any atom is -0.281 e. The van der Waals surface area contributed by atoms with Crippen molar-refractivity contribution >= 4 is 15.7 Å².